The predicted molar refractivity (Wildman–Crippen MR) is 55.3 cm³/mol. The van der Waals surface area contributed by atoms with E-state index >= 15 is 0 Å². The summed E-state index contributed by atoms with van der Waals surface area (Å²) in [5.41, 5.74) is 1.54. The highest BCUT2D eigenvalue weighted by atomic mass is 79.9. The van der Waals surface area contributed by atoms with Gasteiger partial charge < -0.3 is 4.74 Å². The topological polar surface area (TPSA) is 39.2 Å². The summed E-state index contributed by atoms with van der Waals surface area (Å²) in [5, 5.41) is 0. The van der Waals surface area contributed by atoms with Crippen LogP contribution in [0.1, 0.15) is 34.8 Å². The van der Waals surface area contributed by atoms with Crippen molar-refractivity contribution in [3.8, 4) is 0 Å². The van der Waals surface area contributed by atoms with E-state index in [-0.39, 0.29) is 0 Å². The second kappa shape index (κ2) is 3.69. The van der Waals surface area contributed by atoms with Gasteiger partial charge in [0.05, 0.1) is 7.11 Å². The van der Waals surface area contributed by atoms with Crippen LogP contribution in [0.4, 0.5) is 0 Å². The van der Waals surface area contributed by atoms with E-state index < -0.39 is 5.97 Å². The number of pyridine rings is 1. The van der Waals surface area contributed by atoms with Crippen LogP contribution in [0.25, 0.3) is 0 Å². The molecule has 0 atom stereocenters. The Balaban J connectivity index is 2.30. The van der Waals surface area contributed by atoms with Gasteiger partial charge in [-0.2, -0.15) is 0 Å². The summed E-state index contributed by atoms with van der Waals surface area (Å²) in [5.74, 6) is 0.233. The fourth-order valence-electron chi connectivity index (χ4n) is 1.36. The van der Waals surface area contributed by atoms with Crippen LogP contribution in [0.5, 0.6) is 0 Å². The first-order chi connectivity index (χ1) is 6.72. The molecule has 1 aromatic rings. The average Bonchev–Trinajstić information content (AvgIpc) is 3.00. The summed E-state index contributed by atoms with van der Waals surface area (Å²) in [6.45, 7) is 0. The minimum Gasteiger partial charge on any atom is -0.464 e. The molecule has 1 aromatic heterocycles. The normalized spacial score (nSPS) is 15.3. The number of ether oxygens (including phenoxy) is 1. The highest BCUT2D eigenvalue weighted by molar-refractivity contribution is 9.10. The van der Waals surface area contributed by atoms with E-state index in [1.54, 1.807) is 6.07 Å². The van der Waals surface area contributed by atoms with Crippen LogP contribution in [0.3, 0.4) is 0 Å². The maximum Gasteiger partial charge on any atom is 0.356 e. The Hall–Kier alpha value is -0.900. The zero-order valence-electron chi connectivity index (χ0n) is 7.79. The van der Waals surface area contributed by atoms with Gasteiger partial charge in [-0.3, -0.25) is 0 Å². The van der Waals surface area contributed by atoms with E-state index in [9.17, 15) is 4.79 Å². The van der Waals surface area contributed by atoms with Gasteiger partial charge in [-0.1, -0.05) is 6.07 Å². The number of esters is 1. The van der Waals surface area contributed by atoms with Gasteiger partial charge in [0.1, 0.15) is 10.3 Å². The number of halogens is 1. The fraction of sp³-hybridized carbons (Fsp3) is 0.400. The second-order valence-electron chi connectivity index (χ2n) is 3.34. The number of aromatic nitrogens is 1. The SMILES string of the molecule is COC(=O)c1ccc(C2CC2)c(Br)n1. The van der Waals surface area contributed by atoms with Gasteiger partial charge in [0.15, 0.2) is 0 Å². The van der Waals surface area contributed by atoms with Gasteiger partial charge in [0.2, 0.25) is 0 Å². The first-order valence-electron chi connectivity index (χ1n) is 4.47. The molecule has 4 heteroatoms. The Bertz CT molecular complexity index is 374. The third kappa shape index (κ3) is 1.80. The number of nitrogens with zero attached hydrogens (tertiary/aromatic N) is 1. The lowest BCUT2D eigenvalue weighted by molar-refractivity contribution is 0.0594. The van der Waals surface area contributed by atoms with Crippen LogP contribution in [-0.4, -0.2) is 18.1 Å². The van der Waals surface area contributed by atoms with Crippen molar-refractivity contribution in [2.75, 3.05) is 7.11 Å². The Labute approximate surface area is 90.6 Å². The first-order valence-corrected chi connectivity index (χ1v) is 5.26. The molecular formula is C10H10BrNO2. The molecule has 74 valence electrons. The van der Waals surface area contributed by atoms with Crippen molar-refractivity contribution in [3.05, 3.63) is 28.0 Å². The lowest BCUT2D eigenvalue weighted by atomic mass is 10.2. The van der Waals surface area contributed by atoms with Gasteiger partial charge in [0.25, 0.3) is 0 Å². The van der Waals surface area contributed by atoms with E-state index in [1.807, 2.05) is 6.07 Å². The first kappa shape index (κ1) is 9.65. The van der Waals surface area contributed by atoms with Crippen LogP contribution >= 0.6 is 15.9 Å². The highest BCUT2D eigenvalue weighted by Gasteiger charge is 2.26. The summed E-state index contributed by atoms with van der Waals surface area (Å²) >= 11 is 3.37. The van der Waals surface area contributed by atoms with E-state index in [0.717, 1.165) is 4.60 Å². The number of rotatable bonds is 2. The number of carbonyl (C=O) groups excluding carboxylic acids is 1. The van der Waals surface area contributed by atoms with E-state index in [2.05, 4.69) is 25.7 Å². The van der Waals surface area contributed by atoms with Crippen molar-refractivity contribution in [1.82, 2.24) is 4.98 Å². The standard InChI is InChI=1S/C10H10BrNO2/c1-14-10(13)8-5-4-7(6-2-3-6)9(11)12-8/h4-6H,2-3H2,1H3. The molecule has 0 aromatic carbocycles. The molecule has 0 unspecified atom stereocenters. The molecule has 0 amide bonds. The maximum absolute atomic E-state index is 11.2. The summed E-state index contributed by atoms with van der Waals surface area (Å²) in [4.78, 5) is 15.3. The summed E-state index contributed by atoms with van der Waals surface area (Å²) in [7, 11) is 1.35. The average molecular weight is 256 g/mol. The largest absolute Gasteiger partial charge is 0.464 e. The number of methoxy groups -OCH3 is 1. The van der Waals surface area contributed by atoms with Crippen molar-refractivity contribution in [3.63, 3.8) is 0 Å². The molecule has 1 saturated carbocycles. The zero-order valence-corrected chi connectivity index (χ0v) is 9.37. The van der Waals surface area contributed by atoms with Crippen molar-refractivity contribution < 1.29 is 9.53 Å². The molecule has 0 aliphatic heterocycles. The minimum atomic E-state index is -0.395. The van der Waals surface area contributed by atoms with E-state index in [1.165, 1.54) is 25.5 Å². The third-order valence-electron chi connectivity index (χ3n) is 2.29. The quantitative estimate of drug-likeness (QED) is 0.602. The monoisotopic (exact) mass is 255 g/mol. The fourth-order valence-corrected chi connectivity index (χ4v) is 2.01. The molecule has 14 heavy (non-hydrogen) atoms. The van der Waals surface area contributed by atoms with Gasteiger partial charge >= 0.3 is 5.97 Å². The summed E-state index contributed by atoms with van der Waals surface area (Å²) in [6, 6.07) is 3.66. The van der Waals surface area contributed by atoms with Gasteiger partial charge in [-0.05, 0) is 46.3 Å². The molecule has 0 spiro atoms. The molecule has 0 saturated heterocycles. The van der Waals surface area contributed by atoms with E-state index in [0.29, 0.717) is 11.6 Å². The molecule has 2 rings (SSSR count). The second-order valence-corrected chi connectivity index (χ2v) is 4.09. The number of hydrogen-bond acceptors (Lipinski definition) is 3. The molecule has 1 fully saturated rings. The highest BCUT2D eigenvalue weighted by Crippen LogP contribution is 2.42. The Kier molecular flexibility index (Phi) is 2.54. The molecule has 0 radical (unpaired) electrons. The van der Waals surface area contributed by atoms with Gasteiger partial charge in [0, 0.05) is 0 Å². The minimum absolute atomic E-state index is 0.351. The van der Waals surface area contributed by atoms with Crippen LogP contribution < -0.4 is 0 Å². The van der Waals surface area contributed by atoms with Crippen LogP contribution in [0, 0.1) is 0 Å². The zero-order chi connectivity index (χ0) is 10.1. The third-order valence-corrected chi connectivity index (χ3v) is 2.92. The lowest BCUT2D eigenvalue weighted by Gasteiger charge is -2.03. The Morgan fingerprint density at radius 1 is 1.57 bits per heavy atom. The molecule has 1 aliphatic rings. The molecule has 0 bridgehead atoms. The Morgan fingerprint density at radius 3 is 2.79 bits per heavy atom. The van der Waals surface area contributed by atoms with Crippen molar-refractivity contribution in [1.29, 1.82) is 0 Å². The van der Waals surface area contributed by atoms with Crippen molar-refractivity contribution in [2.24, 2.45) is 0 Å². The molecule has 0 N–H and O–H groups in total. The number of hydrogen-bond donors (Lipinski definition) is 0. The Morgan fingerprint density at radius 2 is 2.29 bits per heavy atom. The summed E-state index contributed by atoms with van der Waals surface area (Å²) < 4.78 is 5.35. The van der Waals surface area contributed by atoms with E-state index in [4.69, 9.17) is 0 Å². The number of carbonyl (C=O) groups is 1. The molecule has 1 aliphatic carbocycles. The van der Waals surface area contributed by atoms with Gasteiger partial charge in [-0.25, -0.2) is 9.78 Å². The smallest absolute Gasteiger partial charge is 0.356 e. The summed E-state index contributed by atoms with van der Waals surface area (Å²) in [6.07, 6.45) is 2.44. The van der Waals surface area contributed by atoms with Crippen LogP contribution in [0.15, 0.2) is 16.7 Å². The molecule has 3 nitrogen and oxygen atoms in total. The maximum atomic E-state index is 11.2. The van der Waals surface area contributed by atoms with Gasteiger partial charge in [-0.15, -0.1) is 0 Å². The van der Waals surface area contributed by atoms with Crippen LogP contribution in [-0.2, 0) is 4.74 Å². The lowest BCUT2D eigenvalue weighted by Crippen LogP contribution is -2.05. The predicted octanol–water partition coefficient (Wildman–Crippen LogP) is 2.51. The molecule has 1 heterocycles. The molecular weight excluding hydrogens is 246 g/mol. The van der Waals surface area contributed by atoms with Crippen LogP contribution in [0.2, 0.25) is 0 Å². The van der Waals surface area contributed by atoms with Crippen molar-refractivity contribution >= 4 is 21.9 Å². The van der Waals surface area contributed by atoms with Crippen molar-refractivity contribution in [2.45, 2.75) is 18.8 Å².